The summed E-state index contributed by atoms with van der Waals surface area (Å²) in [5.41, 5.74) is 0. The van der Waals surface area contributed by atoms with E-state index in [0.717, 1.165) is 19.4 Å². The van der Waals surface area contributed by atoms with Crippen molar-refractivity contribution in [3.05, 3.63) is 0 Å². The van der Waals surface area contributed by atoms with E-state index in [1.165, 1.54) is 0 Å². The van der Waals surface area contributed by atoms with Crippen molar-refractivity contribution in [1.82, 2.24) is 10.2 Å². The molecule has 2 fully saturated rings. The number of hydrogen-bond donors (Lipinski definition) is 1. The van der Waals surface area contributed by atoms with Crippen molar-refractivity contribution in [2.45, 2.75) is 31.8 Å². The van der Waals surface area contributed by atoms with Gasteiger partial charge in [-0.2, -0.15) is 0 Å². The van der Waals surface area contributed by atoms with Crippen LogP contribution in [0.4, 0.5) is 0 Å². The van der Waals surface area contributed by atoms with Gasteiger partial charge in [0, 0.05) is 0 Å². The highest BCUT2D eigenvalue weighted by Crippen LogP contribution is 2.22. The summed E-state index contributed by atoms with van der Waals surface area (Å²) in [6, 6.07) is -0.173. The molecule has 2 aliphatic rings. The average molecular weight is 168 g/mol. The lowest BCUT2D eigenvalue weighted by atomic mass is 10.1. The maximum Gasteiger partial charge on any atom is 0.243 e. The minimum Gasteiger partial charge on any atom is -0.294 e. The summed E-state index contributed by atoms with van der Waals surface area (Å²) in [6.45, 7) is 2.73. The fourth-order valence-electron chi connectivity index (χ4n) is 1.99. The number of nitrogens with one attached hydrogen (secondary N) is 1. The van der Waals surface area contributed by atoms with Crippen molar-refractivity contribution >= 4 is 11.8 Å². The molecule has 12 heavy (non-hydrogen) atoms. The van der Waals surface area contributed by atoms with Gasteiger partial charge in [0.1, 0.15) is 0 Å². The maximum absolute atomic E-state index is 11.3. The number of amides is 2. The summed E-state index contributed by atoms with van der Waals surface area (Å²) in [7, 11) is 0. The predicted molar refractivity (Wildman–Crippen MR) is 42.3 cm³/mol. The quantitative estimate of drug-likeness (QED) is 0.496. The van der Waals surface area contributed by atoms with E-state index in [1.807, 2.05) is 11.8 Å². The van der Waals surface area contributed by atoms with Gasteiger partial charge in [0.25, 0.3) is 0 Å². The number of carbonyl (C=O) groups excluding carboxylic acids is 2. The number of carbonyl (C=O) groups is 2. The summed E-state index contributed by atoms with van der Waals surface area (Å²) in [5.74, 6) is -0.270. The summed E-state index contributed by atoms with van der Waals surface area (Å²) in [4.78, 5) is 24.4. The monoisotopic (exact) mass is 168 g/mol. The van der Waals surface area contributed by atoms with E-state index in [9.17, 15) is 9.59 Å². The van der Waals surface area contributed by atoms with E-state index in [4.69, 9.17) is 0 Å². The molecule has 0 radical (unpaired) electrons. The van der Waals surface area contributed by atoms with Crippen LogP contribution in [-0.2, 0) is 9.59 Å². The third-order valence-corrected chi connectivity index (χ3v) is 2.72. The summed E-state index contributed by atoms with van der Waals surface area (Å²) < 4.78 is 0. The second-order valence-corrected chi connectivity index (χ2v) is 3.43. The highest BCUT2D eigenvalue weighted by Gasteiger charge is 2.41. The van der Waals surface area contributed by atoms with Gasteiger partial charge in [-0.05, 0) is 26.3 Å². The molecule has 0 aliphatic carbocycles. The Morgan fingerprint density at radius 1 is 1.42 bits per heavy atom. The van der Waals surface area contributed by atoms with Crippen LogP contribution in [0.1, 0.15) is 19.8 Å². The maximum atomic E-state index is 11.3. The molecular weight excluding hydrogens is 156 g/mol. The molecule has 2 aliphatic heterocycles. The zero-order valence-electron chi connectivity index (χ0n) is 7.04. The number of fused-ring (bicyclic) bond motifs is 1. The van der Waals surface area contributed by atoms with Crippen LogP contribution < -0.4 is 5.32 Å². The van der Waals surface area contributed by atoms with Gasteiger partial charge < -0.3 is 0 Å². The molecule has 2 amide bonds. The molecule has 0 unspecified atom stereocenters. The van der Waals surface area contributed by atoms with Gasteiger partial charge in [-0.25, -0.2) is 0 Å². The van der Waals surface area contributed by atoms with Gasteiger partial charge >= 0.3 is 0 Å². The molecule has 0 spiro atoms. The van der Waals surface area contributed by atoms with E-state index in [2.05, 4.69) is 5.32 Å². The molecule has 0 saturated carbocycles. The first-order chi connectivity index (χ1) is 5.70. The Hall–Kier alpha value is -0.900. The molecule has 1 N–H and O–H groups in total. The Morgan fingerprint density at radius 3 is 2.92 bits per heavy atom. The van der Waals surface area contributed by atoms with Crippen molar-refractivity contribution in [2.75, 3.05) is 6.54 Å². The predicted octanol–water partition coefficient (Wildman–Crippen LogP) is -0.504. The molecule has 66 valence electrons. The zero-order chi connectivity index (χ0) is 8.72. The fourth-order valence-corrected chi connectivity index (χ4v) is 1.99. The van der Waals surface area contributed by atoms with Gasteiger partial charge in [-0.1, -0.05) is 0 Å². The van der Waals surface area contributed by atoms with E-state index in [1.54, 1.807) is 0 Å². The third-order valence-electron chi connectivity index (χ3n) is 2.72. The second kappa shape index (κ2) is 2.55. The van der Waals surface area contributed by atoms with Crippen LogP contribution in [0, 0.1) is 0 Å². The molecular formula is C8H12N2O2. The summed E-state index contributed by atoms with van der Waals surface area (Å²) in [5, 5.41) is 2.38. The smallest absolute Gasteiger partial charge is 0.243 e. The van der Waals surface area contributed by atoms with Crippen LogP contribution in [0.25, 0.3) is 0 Å². The van der Waals surface area contributed by atoms with Crippen LogP contribution in [0.15, 0.2) is 0 Å². The molecule has 2 heterocycles. The zero-order valence-corrected chi connectivity index (χ0v) is 7.04. The van der Waals surface area contributed by atoms with Gasteiger partial charge in [0.15, 0.2) is 0 Å². The molecule has 4 nitrogen and oxygen atoms in total. The largest absolute Gasteiger partial charge is 0.294 e. The van der Waals surface area contributed by atoms with Crippen molar-refractivity contribution in [2.24, 2.45) is 0 Å². The van der Waals surface area contributed by atoms with Crippen LogP contribution in [0.2, 0.25) is 0 Å². The highest BCUT2D eigenvalue weighted by atomic mass is 16.2. The summed E-state index contributed by atoms with van der Waals surface area (Å²) >= 11 is 0. The minimum absolute atomic E-state index is 0.0438. The lowest BCUT2D eigenvalue weighted by molar-refractivity contribution is -0.142. The molecule has 0 aromatic carbocycles. The Kier molecular flexibility index (Phi) is 1.65. The van der Waals surface area contributed by atoms with Crippen molar-refractivity contribution in [3.63, 3.8) is 0 Å². The Bertz CT molecular complexity index is 239. The fraction of sp³-hybridized carbons (Fsp3) is 0.750. The molecule has 0 bridgehead atoms. The Morgan fingerprint density at radius 2 is 2.17 bits per heavy atom. The van der Waals surface area contributed by atoms with Gasteiger partial charge in [-0.15, -0.1) is 0 Å². The van der Waals surface area contributed by atoms with Crippen molar-refractivity contribution < 1.29 is 9.59 Å². The van der Waals surface area contributed by atoms with E-state index < -0.39 is 0 Å². The number of piperazine rings is 1. The van der Waals surface area contributed by atoms with Gasteiger partial charge in [0.05, 0.1) is 12.1 Å². The van der Waals surface area contributed by atoms with Crippen LogP contribution >= 0.6 is 0 Å². The van der Waals surface area contributed by atoms with E-state index in [0.29, 0.717) is 0 Å². The number of imide groups is 1. The average Bonchev–Trinajstić information content (AvgIpc) is 2.48. The molecule has 4 heteroatoms. The number of hydrogen-bond acceptors (Lipinski definition) is 3. The first-order valence-electron chi connectivity index (χ1n) is 4.30. The molecule has 2 rings (SSSR count). The molecule has 0 aromatic heterocycles. The third kappa shape index (κ3) is 0.948. The second-order valence-electron chi connectivity index (χ2n) is 3.43. The minimum atomic E-state index is -0.154. The van der Waals surface area contributed by atoms with Crippen LogP contribution in [-0.4, -0.2) is 35.3 Å². The van der Waals surface area contributed by atoms with Crippen molar-refractivity contribution in [1.29, 1.82) is 0 Å². The topological polar surface area (TPSA) is 49.4 Å². The van der Waals surface area contributed by atoms with Crippen molar-refractivity contribution in [3.8, 4) is 0 Å². The standard InChI is InChI=1S/C8H12N2O2/c1-5-7(11)9-8(12)6-3-2-4-10(5)6/h5-6H,2-4H2,1H3,(H,9,11,12)/t5-,6-/m0/s1. The van der Waals surface area contributed by atoms with E-state index >= 15 is 0 Å². The molecule has 0 aromatic rings. The number of nitrogens with zero attached hydrogens (tertiary/aromatic N) is 1. The first kappa shape index (κ1) is 7.73. The van der Waals surface area contributed by atoms with Gasteiger partial charge in [0.2, 0.25) is 11.8 Å². The highest BCUT2D eigenvalue weighted by molar-refractivity contribution is 6.02. The molecule has 2 saturated heterocycles. The number of rotatable bonds is 0. The van der Waals surface area contributed by atoms with Crippen LogP contribution in [0.5, 0.6) is 0 Å². The lowest BCUT2D eigenvalue weighted by Crippen LogP contribution is -2.60. The Balaban J connectivity index is 2.23. The molecule has 2 atom stereocenters. The Labute approximate surface area is 70.9 Å². The van der Waals surface area contributed by atoms with Gasteiger partial charge in [-0.3, -0.25) is 19.8 Å². The SMILES string of the molecule is C[C@H]1C(=O)NC(=O)[C@@H]2CCCN12. The van der Waals surface area contributed by atoms with Crippen LogP contribution in [0.3, 0.4) is 0 Å². The summed E-state index contributed by atoms with van der Waals surface area (Å²) in [6.07, 6.45) is 1.92. The van der Waals surface area contributed by atoms with E-state index in [-0.39, 0.29) is 23.9 Å². The first-order valence-corrected chi connectivity index (χ1v) is 4.30. The normalized spacial score (nSPS) is 36.4. The lowest BCUT2D eigenvalue weighted by Gasteiger charge is -2.33.